The van der Waals surface area contributed by atoms with Gasteiger partial charge in [0.2, 0.25) is 21.8 Å². The molecule has 340 valence electrons. The summed E-state index contributed by atoms with van der Waals surface area (Å²) in [6.45, 7) is 3.17. The first kappa shape index (κ1) is 46.3. The van der Waals surface area contributed by atoms with E-state index in [1.165, 1.54) is 13.4 Å². The van der Waals surface area contributed by atoms with Gasteiger partial charge in [-0.15, -0.1) is 11.3 Å². The van der Waals surface area contributed by atoms with E-state index in [2.05, 4.69) is 33.1 Å². The van der Waals surface area contributed by atoms with Crippen LogP contribution in [0.5, 0.6) is 5.75 Å². The van der Waals surface area contributed by atoms with Crippen molar-refractivity contribution in [1.29, 1.82) is 0 Å². The molecule has 0 spiro atoms. The average Bonchev–Trinajstić information content (AvgIpc) is 3.69. The number of imidazole rings is 1. The Morgan fingerprint density at radius 3 is 2.48 bits per heavy atom. The van der Waals surface area contributed by atoms with E-state index in [1.54, 1.807) is 67.7 Å². The van der Waals surface area contributed by atoms with Crippen LogP contribution in [-0.2, 0) is 37.2 Å². The number of carbonyl (C=O) groups excluding carboxylic acids is 3. The van der Waals surface area contributed by atoms with Gasteiger partial charge in [-0.25, -0.2) is 27.6 Å². The van der Waals surface area contributed by atoms with Gasteiger partial charge in [0.25, 0.3) is 0 Å². The van der Waals surface area contributed by atoms with Crippen molar-refractivity contribution in [3.8, 4) is 28.0 Å². The first-order valence-corrected chi connectivity index (χ1v) is 23.1. The average molecular weight is 946 g/mol. The molecule has 2 aromatic heterocycles. The van der Waals surface area contributed by atoms with Crippen molar-refractivity contribution in [1.82, 2.24) is 24.1 Å². The van der Waals surface area contributed by atoms with Gasteiger partial charge in [0.1, 0.15) is 11.1 Å². The number of nitrogens with zero attached hydrogens (tertiary/aromatic N) is 3. The second-order valence-corrected chi connectivity index (χ2v) is 19.4. The number of halogens is 1. The molecule has 7 rings (SSSR count). The summed E-state index contributed by atoms with van der Waals surface area (Å²) in [5.74, 6) is 1.84. The predicted molar refractivity (Wildman–Crippen MR) is 244 cm³/mol. The van der Waals surface area contributed by atoms with Crippen molar-refractivity contribution >= 4 is 85.2 Å². The Morgan fingerprint density at radius 1 is 1.00 bits per heavy atom. The Morgan fingerprint density at radius 2 is 1.75 bits per heavy atom. The number of nitrogens with one attached hydrogen (secondary N) is 4. The second kappa shape index (κ2) is 18.8. The monoisotopic (exact) mass is 945 g/mol. The number of urea groups is 1. The molecule has 4 amide bonds. The normalized spacial score (nSPS) is 17.4. The van der Waals surface area contributed by atoms with Gasteiger partial charge in [0.15, 0.2) is 17.2 Å². The molecule has 2 aliphatic heterocycles. The Labute approximate surface area is 381 Å². The minimum absolute atomic E-state index is 0.0110. The number of rotatable bonds is 13. The van der Waals surface area contributed by atoms with Crippen LogP contribution in [0.3, 0.4) is 0 Å². The first-order chi connectivity index (χ1) is 30.8. The lowest BCUT2D eigenvalue weighted by Gasteiger charge is -2.45. The van der Waals surface area contributed by atoms with E-state index in [4.69, 9.17) is 21.4 Å². The highest BCUT2D eigenvalue weighted by Gasteiger charge is 2.41. The molecule has 2 saturated heterocycles. The maximum absolute atomic E-state index is 13.9. The van der Waals surface area contributed by atoms with Gasteiger partial charge in [-0.05, 0) is 86.7 Å². The number of aromatic carboxylic acids is 1. The number of imide groups is 1. The first-order valence-electron chi connectivity index (χ1n) is 20.3. The maximum Gasteiger partial charge on any atom is 0.349 e. The summed E-state index contributed by atoms with van der Waals surface area (Å²) in [5.41, 5.74) is 2.61. The molecule has 65 heavy (non-hydrogen) atoms. The van der Waals surface area contributed by atoms with Crippen molar-refractivity contribution in [3.05, 3.63) is 98.2 Å². The number of carbonyl (C=O) groups is 5. The van der Waals surface area contributed by atoms with Gasteiger partial charge in [-0.1, -0.05) is 47.7 Å². The third-order valence-corrected chi connectivity index (χ3v) is 14.7. The Balaban J connectivity index is 0.932. The van der Waals surface area contributed by atoms with Gasteiger partial charge in [0, 0.05) is 48.5 Å². The molecule has 0 radical (unpaired) electrons. The van der Waals surface area contributed by atoms with Crippen LogP contribution < -0.4 is 31.7 Å². The number of fused-ring (bicyclic) bond motifs is 1. The number of anilines is 2. The molecule has 4 heterocycles. The summed E-state index contributed by atoms with van der Waals surface area (Å²) in [6, 6.07) is 17.3. The molecule has 0 saturated carbocycles. The highest BCUT2D eigenvalue weighted by molar-refractivity contribution is 7.88. The number of hydrogen-bond acceptors (Lipinski definition) is 11. The third-order valence-electron chi connectivity index (χ3n) is 11.0. The van der Waals surface area contributed by atoms with Gasteiger partial charge < -0.3 is 30.9 Å². The Kier molecular flexibility index (Phi) is 13.4. The number of ether oxygens (including phenoxy) is 1. The minimum Gasteiger partial charge on any atom is -0.479 e. The molecule has 0 aliphatic carbocycles. The van der Waals surface area contributed by atoms with Gasteiger partial charge >= 0.3 is 23.7 Å². The topological polar surface area (TPSA) is 247 Å². The van der Waals surface area contributed by atoms with Crippen LogP contribution >= 0.6 is 22.9 Å². The minimum atomic E-state index is -3.83. The van der Waals surface area contributed by atoms with Crippen molar-refractivity contribution in [2.24, 2.45) is 7.05 Å². The fraction of sp³-hybridized carbons (Fsp3) is 0.318. The SMILES string of the molecule is Cn1c(=O)n(C2CCC(=O)NC2=O)c2ccc(C#CCNC(=O)Nc3cccc(CS(=O)(=O)N4CC[C@H](Nc5cccc(-c6sc(C(=O)O)c(OCC(=O)O)c6Cl)c5)CC4(C)C)c3)cc21. The van der Waals surface area contributed by atoms with E-state index in [9.17, 15) is 42.3 Å². The van der Waals surface area contributed by atoms with Crippen LogP contribution in [0, 0.1) is 11.8 Å². The largest absolute Gasteiger partial charge is 0.479 e. The van der Waals surface area contributed by atoms with Crippen LogP contribution in [-0.4, -0.2) is 93.1 Å². The molecule has 0 bridgehead atoms. The lowest BCUT2D eigenvalue weighted by molar-refractivity contribution is -0.139. The van der Waals surface area contributed by atoms with Crippen LogP contribution in [0.2, 0.25) is 5.02 Å². The van der Waals surface area contributed by atoms with Crippen molar-refractivity contribution < 1.29 is 47.3 Å². The number of thiophene rings is 1. The van der Waals surface area contributed by atoms with Crippen molar-refractivity contribution in [2.75, 3.05) is 30.3 Å². The molecule has 6 N–H and O–H groups in total. The third kappa shape index (κ3) is 10.3. The molecule has 2 atom stereocenters. The number of carboxylic acid groups (broad SMARTS) is 2. The smallest absolute Gasteiger partial charge is 0.349 e. The van der Waals surface area contributed by atoms with Crippen LogP contribution in [0.15, 0.2) is 71.5 Å². The van der Waals surface area contributed by atoms with E-state index in [-0.39, 0.29) is 59.3 Å². The summed E-state index contributed by atoms with van der Waals surface area (Å²) >= 11 is 7.37. The fourth-order valence-corrected chi connectivity index (χ4v) is 11.5. The molecule has 2 fully saturated rings. The molecule has 1 unspecified atom stereocenters. The number of sulfonamides is 1. The fourth-order valence-electron chi connectivity index (χ4n) is 8.14. The standard InChI is InChI=1S/C44H44ClN7O11S2/c1-44(2)22-30(47-29-11-5-9-27(21-29)38-36(45)37(63-23-35(54)55)39(64-38)41(57)58)16-18-51(44)65(61,62)24-26-7-4-10-28(19-26)48-42(59)46-17-6-8-25-12-13-31-33(20-25)50(3)43(60)52(31)32-14-15-34(53)49-40(32)56/h4-5,7,9-13,19-21,30,32,47H,14-18,22-24H2,1-3H3,(H,54,55)(H,57,58)(H2,46,48,59)(H,49,53,56)/t30-,32?/m0/s1. The molecule has 2 aliphatic rings. The lowest BCUT2D eigenvalue weighted by atomic mass is 9.89. The van der Waals surface area contributed by atoms with Gasteiger partial charge in [0.05, 0.1) is 28.2 Å². The Bertz CT molecular complexity index is 2980. The number of carboxylic acids is 2. The van der Waals surface area contributed by atoms with Crippen molar-refractivity contribution in [2.45, 2.75) is 62.9 Å². The van der Waals surface area contributed by atoms with E-state index in [1.807, 2.05) is 19.9 Å². The summed E-state index contributed by atoms with van der Waals surface area (Å²) in [4.78, 5) is 73.1. The zero-order valence-corrected chi connectivity index (χ0v) is 37.7. The maximum atomic E-state index is 13.9. The predicted octanol–water partition coefficient (Wildman–Crippen LogP) is 5.22. The van der Waals surface area contributed by atoms with E-state index in [0.29, 0.717) is 56.8 Å². The van der Waals surface area contributed by atoms with E-state index < -0.39 is 57.8 Å². The van der Waals surface area contributed by atoms with Crippen LogP contribution in [0.4, 0.5) is 16.2 Å². The molecule has 3 aromatic carbocycles. The number of hydrogen-bond donors (Lipinski definition) is 6. The summed E-state index contributed by atoms with van der Waals surface area (Å²) in [5, 5.41) is 29.8. The van der Waals surface area contributed by atoms with Crippen LogP contribution in [0.1, 0.15) is 66.4 Å². The molecular weight excluding hydrogens is 902 g/mol. The van der Waals surface area contributed by atoms with E-state index >= 15 is 0 Å². The number of benzene rings is 3. The quantitative estimate of drug-likeness (QED) is 0.0657. The molecule has 21 heteroatoms. The number of aliphatic carboxylic acids is 1. The van der Waals surface area contributed by atoms with E-state index in [0.717, 1.165) is 11.3 Å². The highest BCUT2D eigenvalue weighted by atomic mass is 35.5. The molecule has 18 nitrogen and oxygen atoms in total. The zero-order valence-electron chi connectivity index (χ0n) is 35.3. The second-order valence-electron chi connectivity index (χ2n) is 16.1. The summed E-state index contributed by atoms with van der Waals surface area (Å²) < 4.78 is 37.3. The zero-order chi connectivity index (χ0) is 46.8. The summed E-state index contributed by atoms with van der Waals surface area (Å²) in [6.07, 6.45) is 1.30. The van der Waals surface area contributed by atoms with Gasteiger partial charge in [-0.3, -0.25) is 24.0 Å². The molecular formula is C44H44ClN7O11S2. The van der Waals surface area contributed by atoms with Gasteiger partial charge in [-0.2, -0.15) is 4.31 Å². The van der Waals surface area contributed by atoms with Crippen molar-refractivity contribution in [3.63, 3.8) is 0 Å². The highest BCUT2D eigenvalue weighted by Crippen LogP contribution is 2.46. The molecule has 5 aromatic rings. The number of piperidine rings is 2. The lowest BCUT2D eigenvalue weighted by Crippen LogP contribution is -2.55. The summed E-state index contributed by atoms with van der Waals surface area (Å²) in [7, 11) is -2.24. The number of aryl methyl sites for hydroxylation is 1. The Hall–Kier alpha value is -6.66. The number of aromatic nitrogens is 2. The number of amides is 4. The van der Waals surface area contributed by atoms with Crippen LogP contribution in [0.25, 0.3) is 21.5 Å².